The van der Waals surface area contributed by atoms with Crippen LogP contribution in [0.2, 0.25) is 0 Å². The zero-order chi connectivity index (χ0) is 8.97. The number of nitrogens with zero attached hydrogens (tertiary/aromatic N) is 1. The molecule has 0 bridgehead atoms. The van der Waals surface area contributed by atoms with Crippen LogP contribution in [0, 0.1) is 0 Å². The van der Waals surface area contributed by atoms with E-state index in [-0.39, 0.29) is 0 Å². The number of morpholine rings is 1. The van der Waals surface area contributed by atoms with E-state index in [0.717, 1.165) is 32.0 Å². The van der Waals surface area contributed by atoms with Crippen LogP contribution in [0.25, 0.3) is 0 Å². The second-order valence-corrected chi connectivity index (χ2v) is 3.64. The fourth-order valence-corrected chi connectivity index (χ4v) is 1.50. The molecule has 12 heavy (non-hydrogen) atoms. The van der Waals surface area contributed by atoms with Gasteiger partial charge in [-0.1, -0.05) is 12.2 Å². The first-order valence-electron chi connectivity index (χ1n) is 4.34. The maximum atomic E-state index is 5.43. The summed E-state index contributed by atoms with van der Waals surface area (Å²) in [5.74, 6) is 0.783. The van der Waals surface area contributed by atoms with Crippen molar-refractivity contribution in [3.05, 3.63) is 12.2 Å². The van der Waals surface area contributed by atoms with Crippen molar-refractivity contribution in [2.45, 2.75) is 13.0 Å². The SMILES string of the molecule is C=C(CS)CN1CCOC(C)C1. The Morgan fingerprint density at radius 2 is 2.50 bits per heavy atom. The van der Waals surface area contributed by atoms with Gasteiger partial charge in [0.2, 0.25) is 0 Å². The molecule has 0 N–H and O–H groups in total. The van der Waals surface area contributed by atoms with E-state index in [1.807, 2.05) is 0 Å². The molecule has 0 aromatic heterocycles. The normalized spacial score (nSPS) is 25.7. The molecule has 1 rings (SSSR count). The fraction of sp³-hybridized carbons (Fsp3) is 0.778. The topological polar surface area (TPSA) is 12.5 Å². The summed E-state index contributed by atoms with van der Waals surface area (Å²) in [5, 5.41) is 0. The molecule has 1 unspecified atom stereocenters. The van der Waals surface area contributed by atoms with Gasteiger partial charge in [-0.25, -0.2) is 0 Å². The third-order valence-electron chi connectivity index (χ3n) is 2.00. The van der Waals surface area contributed by atoms with Crippen molar-refractivity contribution in [2.24, 2.45) is 0 Å². The van der Waals surface area contributed by atoms with Crippen molar-refractivity contribution in [1.82, 2.24) is 4.90 Å². The van der Waals surface area contributed by atoms with E-state index in [9.17, 15) is 0 Å². The highest BCUT2D eigenvalue weighted by atomic mass is 32.1. The molecular formula is C9H17NOS. The quantitative estimate of drug-likeness (QED) is 0.526. The Balaban J connectivity index is 2.27. The smallest absolute Gasteiger partial charge is 0.0674 e. The highest BCUT2D eigenvalue weighted by Gasteiger charge is 2.16. The van der Waals surface area contributed by atoms with Gasteiger partial charge in [-0.3, -0.25) is 4.90 Å². The minimum atomic E-state index is 0.367. The molecule has 1 saturated heterocycles. The molecule has 1 atom stereocenters. The monoisotopic (exact) mass is 187 g/mol. The average molecular weight is 187 g/mol. The average Bonchev–Trinajstić information content (AvgIpc) is 2.04. The predicted molar refractivity (Wildman–Crippen MR) is 54.8 cm³/mol. The summed E-state index contributed by atoms with van der Waals surface area (Å²) >= 11 is 4.18. The minimum absolute atomic E-state index is 0.367. The molecule has 1 aliphatic heterocycles. The Morgan fingerprint density at radius 1 is 1.75 bits per heavy atom. The van der Waals surface area contributed by atoms with Gasteiger partial charge in [0.05, 0.1) is 12.7 Å². The van der Waals surface area contributed by atoms with Gasteiger partial charge in [0.25, 0.3) is 0 Å². The molecule has 70 valence electrons. The van der Waals surface area contributed by atoms with E-state index in [0.29, 0.717) is 6.10 Å². The van der Waals surface area contributed by atoms with Crippen LogP contribution in [0.4, 0.5) is 0 Å². The highest BCUT2D eigenvalue weighted by molar-refractivity contribution is 7.80. The van der Waals surface area contributed by atoms with Gasteiger partial charge in [-0.2, -0.15) is 12.6 Å². The fourth-order valence-electron chi connectivity index (χ4n) is 1.40. The van der Waals surface area contributed by atoms with Crippen molar-refractivity contribution >= 4 is 12.6 Å². The maximum absolute atomic E-state index is 5.43. The van der Waals surface area contributed by atoms with Gasteiger partial charge in [0, 0.05) is 25.4 Å². The van der Waals surface area contributed by atoms with E-state index < -0.39 is 0 Å². The van der Waals surface area contributed by atoms with E-state index in [2.05, 4.69) is 31.0 Å². The molecule has 0 radical (unpaired) electrons. The molecule has 0 aromatic rings. The molecule has 2 nitrogen and oxygen atoms in total. The molecule has 0 spiro atoms. The zero-order valence-corrected chi connectivity index (χ0v) is 8.52. The van der Waals surface area contributed by atoms with Crippen LogP contribution >= 0.6 is 12.6 Å². The Hall–Kier alpha value is 0.01000. The van der Waals surface area contributed by atoms with Crippen LogP contribution < -0.4 is 0 Å². The summed E-state index contributed by atoms with van der Waals surface area (Å²) < 4.78 is 5.43. The molecule has 1 heterocycles. The highest BCUT2D eigenvalue weighted by Crippen LogP contribution is 2.06. The summed E-state index contributed by atoms with van der Waals surface area (Å²) in [6.45, 7) is 9.90. The number of ether oxygens (including phenoxy) is 1. The number of thiol groups is 1. The largest absolute Gasteiger partial charge is 0.376 e. The molecule has 1 fully saturated rings. The Labute approximate surface area is 80.0 Å². The van der Waals surface area contributed by atoms with Gasteiger partial charge in [0.15, 0.2) is 0 Å². The van der Waals surface area contributed by atoms with Gasteiger partial charge in [-0.15, -0.1) is 0 Å². The second kappa shape index (κ2) is 4.90. The van der Waals surface area contributed by atoms with E-state index in [4.69, 9.17) is 4.74 Å². The van der Waals surface area contributed by atoms with Crippen molar-refractivity contribution in [1.29, 1.82) is 0 Å². The Bertz CT molecular complexity index is 161. The molecule has 0 aliphatic carbocycles. The van der Waals surface area contributed by atoms with E-state index in [1.165, 1.54) is 5.57 Å². The molecule has 1 aliphatic rings. The van der Waals surface area contributed by atoms with Crippen LogP contribution in [-0.4, -0.2) is 43.0 Å². The van der Waals surface area contributed by atoms with Gasteiger partial charge < -0.3 is 4.74 Å². The lowest BCUT2D eigenvalue weighted by Crippen LogP contribution is -2.41. The molecule has 0 aromatic carbocycles. The second-order valence-electron chi connectivity index (χ2n) is 3.32. The van der Waals surface area contributed by atoms with Gasteiger partial charge >= 0.3 is 0 Å². The lowest BCUT2D eigenvalue weighted by atomic mass is 10.2. The van der Waals surface area contributed by atoms with Crippen molar-refractivity contribution in [3.8, 4) is 0 Å². The predicted octanol–water partition coefficient (Wildman–Crippen LogP) is 1.19. The summed E-state index contributed by atoms with van der Waals surface area (Å²) in [5.41, 5.74) is 1.19. The van der Waals surface area contributed by atoms with E-state index >= 15 is 0 Å². The number of rotatable bonds is 3. The summed E-state index contributed by atoms with van der Waals surface area (Å²) in [4.78, 5) is 2.37. The summed E-state index contributed by atoms with van der Waals surface area (Å²) in [6.07, 6.45) is 0.367. The first-order valence-corrected chi connectivity index (χ1v) is 4.97. The first-order chi connectivity index (χ1) is 5.72. The molecular weight excluding hydrogens is 170 g/mol. The van der Waals surface area contributed by atoms with Gasteiger partial charge in [0.1, 0.15) is 0 Å². The molecule has 0 amide bonds. The summed E-state index contributed by atoms with van der Waals surface area (Å²) in [7, 11) is 0. The summed E-state index contributed by atoms with van der Waals surface area (Å²) in [6, 6.07) is 0. The molecule has 3 heteroatoms. The van der Waals surface area contributed by atoms with Crippen LogP contribution in [0.3, 0.4) is 0 Å². The van der Waals surface area contributed by atoms with Gasteiger partial charge in [-0.05, 0) is 6.92 Å². The van der Waals surface area contributed by atoms with Crippen molar-refractivity contribution in [3.63, 3.8) is 0 Å². The molecule has 0 saturated carbocycles. The standard InChI is InChI=1S/C9H17NOS/c1-8(7-12)5-10-3-4-11-9(2)6-10/h9,12H,1,3-7H2,2H3. The zero-order valence-electron chi connectivity index (χ0n) is 7.62. The van der Waals surface area contributed by atoms with Crippen LogP contribution in [-0.2, 0) is 4.74 Å². The van der Waals surface area contributed by atoms with E-state index in [1.54, 1.807) is 0 Å². The lowest BCUT2D eigenvalue weighted by molar-refractivity contribution is -0.0147. The third kappa shape index (κ3) is 3.17. The number of hydrogen-bond acceptors (Lipinski definition) is 3. The van der Waals surface area contributed by atoms with Crippen LogP contribution in [0.15, 0.2) is 12.2 Å². The van der Waals surface area contributed by atoms with Crippen LogP contribution in [0.5, 0.6) is 0 Å². The Morgan fingerprint density at radius 3 is 3.08 bits per heavy atom. The van der Waals surface area contributed by atoms with Crippen LogP contribution in [0.1, 0.15) is 6.92 Å². The van der Waals surface area contributed by atoms with Crippen molar-refractivity contribution < 1.29 is 4.74 Å². The van der Waals surface area contributed by atoms with Crippen molar-refractivity contribution in [2.75, 3.05) is 32.0 Å². The number of hydrogen-bond donors (Lipinski definition) is 1. The minimum Gasteiger partial charge on any atom is -0.376 e. The lowest BCUT2D eigenvalue weighted by Gasteiger charge is -2.31. The third-order valence-corrected chi connectivity index (χ3v) is 2.44. The first kappa shape index (κ1) is 10.1. The Kier molecular flexibility index (Phi) is 4.12. The maximum Gasteiger partial charge on any atom is 0.0674 e.